The van der Waals surface area contributed by atoms with Gasteiger partial charge < -0.3 is 10.1 Å². The van der Waals surface area contributed by atoms with Crippen LogP contribution in [0.2, 0.25) is 0 Å². The van der Waals surface area contributed by atoms with Gasteiger partial charge in [-0.3, -0.25) is 4.79 Å². The summed E-state index contributed by atoms with van der Waals surface area (Å²) >= 11 is 0. The number of fused-ring (bicyclic) bond motifs is 1. The number of hydrogen-bond acceptors (Lipinski definition) is 2. The van der Waals surface area contributed by atoms with Gasteiger partial charge in [0.15, 0.2) is 5.72 Å². The van der Waals surface area contributed by atoms with Gasteiger partial charge >= 0.3 is 0 Å². The van der Waals surface area contributed by atoms with Crippen molar-refractivity contribution in [2.75, 3.05) is 0 Å². The summed E-state index contributed by atoms with van der Waals surface area (Å²) in [5.41, 5.74) is 1.06. The van der Waals surface area contributed by atoms with Gasteiger partial charge in [-0.2, -0.15) is 0 Å². The molecule has 0 saturated carbocycles. The summed E-state index contributed by atoms with van der Waals surface area (Å²) in [4.78, 5) is 11.7. The number of hydrogen-bond donors (Lipinski definition) is 1. The number of nitrogens with one attached hydrogen (secondary N) is 1. The molecule has 1 aromatic rings. The first-order valence-corrected chi connectivity index (χ1v) is 4.60. The van der Waals surface area contributed by atoms with Crippen molar-refractivity contribution in [1.29, 1.82) is 0 Å². The van der Waals surface area contributed by atoms with Crippen molar-refractivity contribution in [2.45, 2.75) is 26.5 Å². The van der Waals surface area contributed by atoms with E-state index in [1.165, 1.54) is 0 Å². The normalized spacial score (nSPS) is 18.1. The highest BCUT2D eigenvalue weighted by Gasteiger charge is 2.30. The Hall–Kier alpha value is -1.51. The van der Waals surface area contributed by atoms with Crippen molar-refractivity contribution in [3.05, 3.63) is 29.3 Å². The highest BCUT2D eigenvalue weighted by Crippen LogP contribution is 2.27. The van der Waals surface area contributed by atoms with Crippen molar-refractivity contribution in [3.63, 3.8) is 0 Å². The summed E-state index contributed by atoms with van der Waals surface area (Å²) in [7, 11) is 0. The van der Waals surface area contributed by atoms with Crippen LogP contribution in [0.25, 0.3) is 0 Å². The second kappa shape index (κ2) is 2.74. The molecule has 3 nitrogen and oxygen atoms in total. The summed E-state index contributed by atoms with van der Waals surface area (Å²) in [5, 5.41) is 2.78. The van der Waals surface area contributed by atoms with Crippen LogP contribution in [0.5, 0.6) is 5.75 Å². The first-order chi connectivity index (χ1) is 6.48. The SMILES string of the molecule is Cc1ccc2c(c1)C(=O)NC(C)(C)O2. The Morgan fingerprint density at radius 3 is 2.79 bits per heavy atom. The molecule has 74 valence electrons. The molecule has 0 spiro atoms. The molecule has 14 heavy (non-hydrogen) atoms. The second-order valence-corrected chi connectivity index (χ2v) is 4.07. The minimum absolute atomic E-state index is 0.0695. The van der Waals surface area contributed by atoms with Crippen LogP contribution in [-0.2, 0) is 0 Å². The van der Waals surface area contributed by atoms with E-state index in [0.29, 0.717) is 11.3 Å². The fraction of sp³-hybridized carbons (Fsp3) is 0.364. The Kier molecular flexibility index (Phi) is 1.77. The van der Waals surface area contributed by atoms with Gasteiger partial charge in [-0.05, 0) is 32.9 Å². The molecular weight excluding hydrogens is 178 g/mol. The Morgan fingerprint density at radius 1 is 1.36 bits per heavy atom. The molecule has 0 saturated heterocycles. The van der Waals surface area contributed by atoms with Crippen molar-refractivity contribution >= 4 is 5.91 Å². The van der Waals surface area contributed by atoms with Gasteiger partial charge in [0.05, 0.1) is 5.56 Å². The molecule has 2 rings (SSSR count). The van der Waals surface area contributed by atoms with Crippen LogP contribution in [-0.4, -0.2) is 11.6 Å². The number of amides is 1. The molecule has 1 aromatic carbocycles. The van der Waals surface area contributed by atoms with E-state index in [1.807, 2.05) is 39.0 Å². The molecule has 0 aromatic heterocycles. The third-order valence-corrected chi connectivity index (χ3v) is 2.16. The fourth-order valence-electron chi connectivity index (χ4n) is 1.55. The maximum absolute atomic E-state index is 11.7. The quantitative estimate of drug-likeness (QED) is 0.679. The predicted octanol–water partition coefficient (Wildman–Crippen LogP) is 1.85. The zero-order chi connectivity index (χ0) is 10.3. The van der Waals surface area contributed by atoms with Crippen LogP contribution in [0, 0.1) is 6.92 Å². The number of aryl methyl sites for hydroxylation is 1. The van der Waals surface area contributed by atoms with Gasteiger partial charge in [0.25, 0.3) is 5.91 Å². The number of carbonyl (C=O) groups excluding carboxylic acids is 1. The average Bonchev–Trinajstić information content (AvgIpc) is 2.05. The summed E-state index contributed by atoms with van der Waals surface area (Å²) < 4.78 is 5.61. The lowest BCUT2D eigenvalue weighted by atomic mass is 10.1. The standard InChI is InChI=1S/C11H13NO2/c1-7-4-5-9-8(6-7)10(13)12-11(2,3)14-9/h4-6H,1-3H3,(H,12,13). The lowest BCUT2D eigenvalue weighted by molar-refractivity contribution is 0.0432. The molecule has 0 unspecified atom stereocenters. The van der Waals surface area contributed by atoms with Gasteiger partial charge in [-0.15, -0.1) is 0 Å². The van der Waals surface area contributed by atoms with E-state index in [2.05, 4.69) is 5.32 Å². The number of carbonyl (C=O) groups is 1. The highest BCUT2D eigenvalue weighted by molar-refractivity contribution is 5.98. The number of rotatable bonds is 0. The first-order valence-electron chi connectivity index (χ1n) is 4.60. The van der Waals surface area contributed by atoms with Crippen LogP contribution < -0.4 is 10.1 Å². The maximum atomic E-state index is 11.7. The van der Waals surface area contributed by atoms with E-state index in [0.717, 1.165) is 5.56 Å². The molecule has 1 aliphatic heterocycles. The van der Waals surface area contributed by atoms with Gasteiger partial charge in [0.2, 0.25) is 0 Å². The van der Waals surface area contributed by atoms with E-state index in [-0.39, 0.29) is 5.91 Å². The van der Waals surface area contributed by atoms with Gasteiger partial charge in [-0.25, -0.2) is 0 Å². The van der Waals surface area contributed by atoms with Crippen molar-refractivity contribution in [3.8, 4) is 5.75 Å². The number of benzene rings is 1. The topological polar surface area (TPSA) is 38.3 Å². The van der Waals surface area contributed by atoms with E-state index in [9.17, 15) is 4.79 Å². The van der Waals surface area contributed by atoms with Crippen LogP contribution in [0.1, 0.15) is 29.8 Å². The molecule has 0 aliphatic carbocycles. The molecule has 0 bridgehead atoms. The first kappa shape index (κ1) is 9.06. The Morgan fingerprint density at radius 2 is 2.07 bits per heavy atom. The molecule has 0 radical (unpaired) electrons. The molecule has 0 atom stereocenters. The van der Waals surface area contributed by atoms with Crippen molar-refractivity contribution < 1.29 is 9.53 Å². The van der Waals surface area contributed by atoms with E-state index in [4.69, 9.17) is 4.74 Å². The molecular formula is C11H13NO2. The summed E-state index contributed by atoms with van der Waals surface area (Å²) in [6, 6.07) is 5.61. The Bertz CT molecular complexity index is 396. The molecule has 0 fully saturated rings. The lowest BCUT2D eigenvalue weighted by Gasteiger charge is -2.33. The van der Waals surface area contributed by atoms with Crippen LogP contribution in [0.4, 0.5) is 0 Å². The van der Waals surface area contributed by atoms with Crippen LogP contribution in [0.3, 0.4) is 0 Å². The number of ether oxygens (including phenoxy) is 1. The Balaban J connectivity index is 2.50. The summed E-state index contributed by atoms with van der Waals surface area (Å²) in [5.74, 6) is 0.587. The van der Waals surface area contributed by atoms with Gasteiger partial charge in [0.1, 0.15) is 5.75 Å². The maximum Gasteiger partial charge on any atom is 0.258 e. The minimum Gasteiger partial charge on any atom is -0.468 e. The minimum atomic E-state index is -0.612. The summed E-state index contributed by atoms with van der Waals surface area (Å²) in [6.07, 6.45) is 0. The third kappa shape index (κ3) is 1.45. The van der Waals surface area contributed by atoms with Crippen LogP contribution in [0.15, 0.2) is 18.2 Å². The largest absolute Gasteiger partial charge is 0.468 e. The lowest BCUT2D eigenvalue weighted by Crippen LogP contribution is -2.51. The Labute approximate surface area is 83.1 Å². The second-order valence-electron chi connectivity index (χ2n) is 4.07. The van der Waals surface area contributed by atoms with Crippen LogP contribution >= 0.6 is 0 Å². The molecule has 1 N–H and O–H groups in total. The van der Waals surface area contributed by atoms with E-state index in [1.54, 1.807) is 0 Å². The zero-order valence-corrected chi connectivity index (χ0v) is 8.55. The van der Waals surface area contributed by atoms with Crippen molar-refractivity contribution in [2.24, 2.45) is 0 Å². The molecule has 1 aliphatic rings. The predicted molar refractivity (Wildman–Crippen MR) is 53.4 cm³/mol. The third-order valence-electron chi connectivity index (χ3n) is 2.16. The summed E-state index contributed by atoms with van der Waals surface area (Å²) in [6.45, 7) is 5.61. The zero-order valence-electron chi connectivity index (χ0n) is 8.55. The molecule has 1 heterocycles. The van der Waals surface area contributed by atoms with Gasteiger partial charge in [0, 0.05) is 0 Å². The fourth-order valence-corrected chi connectivity index (χ4v) is 1.55. The van der Waals surface area contributed by atoms with E-state index >= 15 is 0 Å². The highest BCUT2D eigenvalue weighted by atomic mass is 16.5. The monoisotopic (exact) mass is 191 g/mol. The molecule has 3 heteroatoms. The van der Waals surface area contributed by atoms with E-state index < -0.39 is 5.72 Å². The van der Waals surface area contributed by atoms with Gasteiger partial charge in [-0.1, -0.05) is 11.6 Å². The average molecular weight is 191 g/mol. The van der Waals surface area contributed by atoms with Crippen molar-refractivity contribution in [1.82, 2.24) is 5.32 Å². The smallest absolute Gasteiger partial charge is 0.258 e. The molecule has 1 amide bonds.